The van der Waals surface area contributed by atoms with Crippen molar-refractivity contribution in [3.8, 4) is 5.75 Å². The van der Waals surface area contributed by atoms with Gasteiger partial charge in [0.15, 0.2) is 0 Å². The number of Topliss-reactive ketones (excluding diaryl/α,β-unsaturated/α-hetero) is 1. The Hall–Kier alpha value is -1.09. The highest BCUT2D eigenvalue weighted by Crippen LogP contribution is 2.25. The predicted molar refractivity (Wildman–Crippen MR) is 52.4 cm³/mol. The fraction of sp³-hybridized carbons (Fsp3) is 0.300. The molecule has 1 rings (SSSR count). The number of ketones is 1. The van der Waals surface area contributed by atoms with Crippen molar-refractivity contribution in [2.24, 2.45) is 0 Å². The summed E-state index contributed by atoms with van der Waals surface area (Å²) in [4.78, 5) is 10.8. The molecule has 0 saturated carbocycles. The third-order valence-corrected chi connectivity index (χ3v) is 1.97. The first-order valence-corrected chi connectivity index (χ1v) is 4.48. The van der Waals surface area contributed by atoms with E-state index in [4.69, 9.17) is 11.6 Å². The minimum atomic E-state index is -0.927. The lowest BCUT2D eigenvalue weighted by molar-refractivity contribution is -0.116. The van der Waals surface area contributed by atoms with Gasteiger partial charge in [0.2, 0.25) is 6.86 Å². The number of ether oxygens (including phenoxy) is 1. The van der Waals surface area contributed by atoms with Crippen molar-refractivity contribution in [2.45, 2.75) is 13.3 Å². The number of halogens is 2. The standard InChI is InChI=1S/C10H10ClFO2/c1-7(13)4-8-2-3-9(11)10(5-8)14-6-12/h2-3,5H,4,6H2,1H3. The van der Waals surface area contributed by atoms with Crippen LogP contribution in [-0.4, -0.2) is 12.6 Å². The largest absolute Gasteiger partial charge is 0.461 e. The third kappa shape index (κ3) is 3.00. The van der Waals surface area contributed by atoms with E-state index in [-0.39, 0.29) is 11.5 Å². The Balaban J connectivity index is 2.88. The molecular weight excluding hydrogens is 207 g/mol. The lowest BCUT2D eigenvalue weighted by Crippen LogP contribution is -1.98. The topological polar surface area (TPSA) is 26.3 Å². The summed E-state index contributed by atoms with van der Waals surface area (Å²) in [5.41, 5.74) is 0.769. The smallest absolute Gasteiger partial charge is 0.228 e. The highest BCUT2D eigenvalue weighted by molar-refractivity contribution is 6.32. The molecule has 0 aliphatic heterocycles. The van der Waals surface area contributed by atoms with Gasteiger partial charge in [-0.1, -0.05) is 17.7 Å². The first kappa shape index (κ1) is 11.0. The molecule has 1 aromatic carbocycles. The van der Waals surface area contributed by atoms with Crippen molar-refractivity contribution in [3.05, 3.63) is 28.8 Å². The molecule has 4 heteroatoms. The van der Waals surface area contributed by atoms with Crippen LogP contribution in [0.25, 0.3) is 0 Å². The molecule has 0 heterocycles. The normalized spacial score (nSPS) is 9.93. The molecule has 0 bridgehead atoms. The van der Waals surface area contributed by atoms with Crippen LogP contribution in [0.4, 0.5) is 4.39 Å². The number of carbonyl (C=O) groups excluding carboxylic acids is 1. The molecule has 0 amide bonds. The summed E-state index contributed by atoms with van der Waals surface area (Å²) >= 11 is 5.73. The molecule has 0 fully saturated rings. The Labute approximate surface area is 86.6 Å². The number of hydrogen-bond donors (Lipinski definition) is 0. The van der Waals surface area contributed by atoms with Crippen LogP contribution >= 0.6 is 11.6 Å². The second-order valence-electron chi connectivity index (χ2n) is 2.90. The van der Waals surface area contributed by atoms with Gasteiger partial charge in [-0.25, -0.2) is 4.39 Å². The maximum atomic E-state index is 11.9. The van der Waals surface area contributed by atoms with Crippen LogP contribution in [0.15, 0.2) is 18.2 Å². The molecule has 14 heavy (non-hydrogen) atoms. The second kappa shape index (κ2) is 4.96. The Kier molecular flexibility index (Phi) is 3.89. The van der Waals surface area contributed by atoms with Gasteiger partial charge in [0.25, 0.3) is 0 Å². The highest BCUT2D eigenvalue weighted by atomic mass is 35.5. The average Bonchev–Trinajstić information content (AvgIpc) is 2.10. The molecule has 0 saturated heterocycles. The molecule has 0 aromatic heterocycles. The Morgan fingerprint density at radius 3 is 2.86 bits per heavy atom. The predicted octanol–water partition coefficient (Wildman–Crippen LogP) is 2.78. The lowest BCUT2D eigenvalue weighted by Gasteiger charge is -2.05. The Morgan fingerprint density at radius 1 is 1.57 bits per heavy atom. The first-order valence-electron chi connectivity index (χ1n) is 4.10. The zero-order valence-electron chi connectivity index (χ0n) is 7.72. The van der Waals surface area contributed by atoms with Gasteiger partial charge < -0.3 is 4.74 Å². The van der Waals surface area contributed by atoms with Gasteiger partial charge in [0, 0.05) is 6.42 Å². The molecule has 0 N–H and O–H groups in total. The molecule has 0 aliphatic carbocycles. The maximum Gasteiger partial charge on any atom is 0.228 e. The number of rotatable bonds is 4. The molecule has 0 spiro atoms. The minimum Gasteiger partial charge on any atom is -0.461 e. The fourth-order valence-corrected chi connectivity index (χ4v) is 1.29. The van der Waals surface area contributed by atoms with Crippen molar-refractivity contribution in [1.82, 2.24) is 0 Å². The van der Waals surface area contributed by atoms with Crippen LogP contribution in [0.2, 0.25) is 5.02 Å². The van der Waals surface area contributed by atoms with Crippen LogP contribution in [0.3, 0.4) is 0 Å². The number of benzene rings is 1. The number of carbonyl (C=O) groups is 1. The molecule has 0 unspecified atom stereocenters. The van der Waals surface area contributed by atoms with Gasteiger partial charge >= 0.3 is 0 Å². The Bertz CT molecular complexity index is 339. The zero-order valence-corrected chi connectivity index (χ0v) is 8.47. The van der Waals surface area contributed by atoms with Crippen LogP contribution in [-0.2, 0) is 11.2 Å². The molecular formula is C10H10ClFO2. The molecule has 2 nitrogen and oxygen atoms in total. The van der Waals surface area contributed by atoms with Gasteiger partial charge in [0.05, 0.1) is 5.02 Å². The van der Waals surface area contributed by atoms with E-state index in [1.165, 1.54) is 6.92 Å². The first-order chi connectivity index (χ1) is 6.63. The molecule has 76 valence electrons. The van der Waals surface area contributed by atoms with E-state index in [0.717, 1.165) is 5.56 Å². The van der Waals surface area contributed by atoms with Gasteiger partial charge in [-0.2, -0.15) is 0 Å². The van der Waals surface area contributed by atoms with E-state index in [9.17, 15) is 9.18 Å². The van der Waals surface area contributed by atoms with Gasteiger partial charge in [-0.3, -0.25) is 4.79 Å². The van der Waals surface area contributed by atoms with Crippen molar-refractivity contribution >= 4 is 17.4 Å². The van der Waals surface area contributed by atoms with Crippen LogP contribution < -0.4 is 4.74 Å². The number of hydrogen-bond acceptors (Lipinski definition) is 2. The summed E-state index contributed by atoms with van der Waals surface area (Å²) in [7, 11) is 0. The van der Waals surface area contributed by atoms with E-state index >= 15 is 0 Å². The summed E-state index contributed by atoms with van der Waals surface area (Å²) in [5, 5.41) is 0.343. The molecule has 0 atom stereocenters. The average molecular weight is 217 g/mol. The van der Waals surface area contributed by atoms with Crippen molar-refractivity contribution < 1.29 is 13.9 Å². The third-order valence-electron chi connectivity index (χ3n) is 1.66. The quantitative estimate of drug-likeness (QED) is 0.774. The SMILES string of the molecule is CC(=O)Cc1ccc(Cl)c(OCF)c1. The van der Waals surface area contributed by atoms with Gasteiger partial charge in [-0.15, -0.1) is 0 Å². The highest BCUT2D eigenvalue weighted by Gasteiger charge is 2.04. The van der Waals surface area contributed by atoms with Crippen LogP contribution in [0, 0.1) is 0 Å². The lowest BCUT2D eigenvalue weighted by atomic mass is 10.1. The van der Waals surface area contributed by atoms with Gasteiger partial charge in [-0.05, 0) is 24.6 Å². The monoisotopic (exact) mass is 216 g/mol. The molecule has 0 radical (unpaired) electrons. The van der Waals surface area contributed by atoms with E-state index in [2.05, 4.69) is 4.74 Å². The van der Waals surface area contributed by atoms with Crippen molar-refractivity contribution in [2.75, 3.05) is 6.86 Å². The maximum absolute atomic E-state index is 11.9. The summed E-state index contributed by atoms with van der Waals surface area (Å²) < 4.78 is 16.6. The zero-order chi connectivity index (χ0) is 10.6. The Morgan fingerprint density at radius 2 is 2.29 bits per heavy atom. The summed E-state index contributed by atoms with van der Waals surface area (Å²) in [6.45, 7) is 0.563. The van der Waals surface area contributed by atoms with E-state index in [1.807, 2.05) is 0 Å². The fourth-order valence-electron chi connectivity index (χ4n) is 1.11. The molecule has 0 aliphatic rings. The van der Waals surface area contributed by atoms with Crippen LogP contribution in [0.1, 0.15) is 12.5 Å². The van der Waals surface area contributed by atoms with E-state index < -0.39 is 6.86 Å². The van der Waals surface area contributed by atoms with E-state index in [0.29, 0.717) is 11.4 Å². The summed E-state index contributed by atoms with van der Waals surface area (Å²) in [6, 6.07) is 4.88. The van der Waals surface area contributed by atoms with Crippen molar-refractivity contribution in [3.63, 3.8) is 0 Å². The van der Waals surface area contributed by atoms with Gasteiger partial charge in [0.1, 0.15) is 11.5 Å². The second-order valence-corrected chi connectivity index (χ2v) is 3.30. The van der Waals surface area contributed by atoms with E-state index in [1.54, 1.807) is 18.2 Å². The summed E-state index contributed by atoms with van der Waals surface area (Å²) in [6.07, 6.45) is 0.305. The molecule has 1 aromatic rings. The van der Waals surface area contributed by atoms with Crippen LogP contribution in [0.5, 0.6) is 5.75 Å². The van der Waals surface area contributed by atoms with Crippen molar-refractivity contribution in [1.29, 1.82) is 0 Å². The summed E-state index contributed by atoms with van der Waals surface area (Å²) in [5.74, 6) is 0.312. The minimum absolute atomic E-state index is 0.0403. The number of alkyl halides is 1.